The van der Waals surface area contributed by atoms with E-state index < -0.39 is 5.97 Å². The van der Waals surface area contributed by atoms with Crippen molar-refractivity contribution in [2.24, 2.45) is 0 Å². The summed E-state index contributed by atoms with van der Waals surface area (Å²) in [5.74, 6) is -1.35. The predicted molar refractivity (Wildman–Crippen MR) is 112 cm³/mol. The molecule has 1 saturated heterocycles. The van der Waals surface area contributed by atoms with Gasteiger partial charge in [-0.15, -0.1) is 0 Å². The number of carboxylic acid groups (broad SMARTS) is 1. The number of hydrogen-bond acceptors (Lipinski definition) is 4. The van der Waals surface area contributed by atoms with Crippen molar-refractivity contribution in [3.05, 3.63) is 82.9 Å². The minimum absolute atomic E-state index is 0.257. The Bertz CT molecular complexity index is 769. The third-order valence-corrected chi connectivity index (χ3v) is 4.53. The number of nitrogens with zero attached hydrogens (tertiary/aromatic N) is 1. The van der Waals surface area contributed by atoms with Crippen LogP contribution in [0.3, 0.4) is 0 Å². The highest BCUT2D eigenvalue weighted by Gasteiger charge is 2.23. The summed E-state index contributed by atoms with van der Waals surface area (Å²) in [6.45, 7) is 5.54. The number of benzene rings is 2. The van der Waals surface area contributed by atoms with Crippen LogP contribution in [0.15, 0.2) is 66.7 Å². The third kappa shape index (κ3) is 7.27. The number of hydrogen-bond donors (Lipinski definition) is 2. The van der Waals surface area contributed by atoms with Gasteiger partial charge in [0.15, 0.2) is 5.78 Å². The van der Waals surface area contributed by atoms with E-state index in [1.165, 1.54) is 18.1 Å². The second kappa shape index (κ2) is 11.4. The van der Waals surface area contributed by atoms with Gasteiger partial charge in [0.25, 0.3) is 0 Å². The van der Waals surface area contributed by atoms with Crippen LogP contribution in [0.2, 0.25) is 5.02 Å². The molecule has 0 saturated carbocycles. The fourth-order valence-corrected chi connectivity index (χ4v) is 3.15. The smallest absolute Gasteiger partial charge is 0.328 e. The molecular formula is C22H25ClN2O3. The van der Waals surface area contributed by atoms with Gasteiger partial charge < -0.3 is 10.4 Å². The van der Waals surface area contributed by atoms with Gasteiger partial charge >= 0.3 is 5.97 Å². The van der Waals surface area contributed by atoms with Gasteiger partial charge in [0.05, 0.1) is 6.04 Å². The van der Waals surface area contributed by atoms with E-state index in [0.717, 1.165) is 43.4 Å². The molecule has 3 rings (SSSR count). The normalized spacial score (nSPS) is 15.5. The van der Waals surface area contributed by atoms with Crippen LogP contribution < -0.4 is 5.32 Å². The molecule has 1 aliphatic heterocycles. The van der Waals surface area contributed by atoms with Crippen molar-refractivity contribution in [1.29, 1.82) is 0 Å². The summed E-state index contributed by atoms with van der Waals surface area (Å²) >= 11 is 6.02. The van der Waals surface area contributed by atoms with E-state index in [1.807, 2.05) is 12.1 Å². The largest absolute Gasteiger partial charge is 0.478 e. The van der Waals surface area contributed by atoms with E-state index in [1.54, 1.807) is 0 Å². The van der Waals surface area contributed by atoms with Crippen LogP contribution >= 0.6 is 11.6 Å². The molecule has 0 aromatic heterocycles. The number of ketones is 1. The summed E-state index contributed by atoms with van der Waals surface area (Å²) in [6.07, 6.45) is 1.81. The lowest BCUT2D eigenvalue weighted by molar-refractivity contribution is -0.131. The fraction of sp³-hybridized carbons (Fsp3) is 0.273. The molecule has 6 heteroatoms. The quantitative estimate of drug-likeness (QED) is 0.751. The van der Waals surface area contributed by atoms with E-state index in [-0.39, 0.29) is 5.78 Å². The molecule has 148 valence electrons. The van der Waals surface area contributed by atoms with Gasteiger partial charge in [0.1, 0.15) is 0 Å². The third-order valence-electron chi connectivity index (χ3n) is 4.28. The van der Waals surface area contributed by atoms with Gasteiger partial charge in [0.2, 0.25) is 0 Å². The van der Waals surface area contributed by atoms with Gasteiger partial charge in [-0.2, -0.15) is 0 Å². The molecule has 5 nitrogen and oxygen atoms in total. The highest BCUT2D eigenvalue weighted by molar-refractivity contribution is 6.30. The monoisotopic (exact) mass is 400 g/mol. The van der Waals surface area contributed by atoms with E-state index in [9.17, 15) is 9.59 Å². The molecule has 1 unspecified atom stereocenters. The molecule has 0 amide bonds. The Morgan fingerprint density at radius 1 is 1.00 bits per heavy atom. The standard InChI is InChI=1S/C17H19ClN2.C5H6O3/c18-16-8-6-15(7-9-16)17(14-4-2-1-3-5-14)20-12-10-19-11-13-20;1-4(6)2-3-5(7)8/h1-9,17,19H,10-13H2;2-3H,1H3,(H,7,8)/b;3-2+. The minimum atomic E-state index is -1.10. The van der Waals surface area contributed by atoms with E-state index in [2.05, 4.69) is 52.7 Å². The molecule has 2 aromatic carbocycles. The van der Waals surface area contributed by atoms with Gasteiger partial charge in [-0.3, -0.25) is 9.69 Å². The Hall–Kier alpha value is -2.47. The number of carboxylic acids is 1. The number of carbonyl (C=O) groups excluding carboxylic acids is 1. The summed E-state index contributed by atoms with van der Waals surface area (Å²) in [5.41, 5.74) is 2.65. The Morgan fingerprint density at radius 2 is 1.57 bits per heavy atom. The lowest BCUT2D eigenvalue weighted by atomic mass is 9.96. The first-order valence-electron chi connectivity index (χ1n) is 9.14. The van der Waals surface area contributed by atoms with Crippen LogP contribution in [-0.2, 0) is 9.59 Å². The predicted octanol–water partition coefficient (Wildman–Crippen LogP) is 3.55. The first-order chi connectivity index (χ1) is 13.5. The van der Waals surface area contributed by atoms with Crippen molar-refractivity contribution in [3.8, 4) is 0 Å². The van der Waals surface area contributed by atoms with Crippen LogP contribution in [0.1, 0.15) is 24.1 Å². The average molecular weight is 401 g/mol. The van der Waals surface area contributed by atoms with Crippen molar-refractivity contribution >= 4 is 23.4 Å². The van der Waals surface area contributed by atoms with Crippen molar-refractivity contribution in [1.82, 2.24) is 10.2 Å². The zero-order chi connectivity index (χ0) is 20.4. The average Bonchev–Trinajstić information content (AvgIpc) is 2.70. The highest BCUT2D eigenvalue weighted by Crippen LogP contribution is 2.29. The maximum atomic E-state index is 10.00. The van der Waals surface area contributed by atoms with Crippen LogP contribution in [0, 0.1) is 0 Å². The summed E-state index contributed by atoms with van der Waals surface area (Å²) in [4.78, 5) is 22.2. The summed E-state index contributed by atoms with van der Waals surface area (Å²) in [6, 6.07) is 19.3. The summed E-state index contributed by atoms with van der Waals surface area (Å²) < 4.78 is 0. The number of halogens is 1. The van der Waals surface area contributed by atoms with Gasteiger partial charge in [0, 0.05) is 37.3 Å². The highest BCUT2D eigenvalue weighted by atomic mass is 35.5. The van der Waals surface area contributed by atoms with Crippen molar-refractivity contribution in [2.45, 2.75) is 13.0 Å². The van der Waals surface area contributed by atoms with Gasteiger partial charge in [-0.05, 0) is 36.3 Å². The Morgan fingerprint density at radius 3 is 2.07 bits per heavy atom. The number of allylic oxidation sites excluding steroid dienone is 1. The second-order valence-corrected chi connectivity index (χ2v) is 6.87. The van der Waals surface area contributed by atoms with E-state index in [4.69, 9.17) is 16.7 Å². The van der Waals surface area contributed by atoms with Gasteiger partial charge in [-0.1, -0.05) is 54.1 Å². The molecule has 0 aliphatic carbocycles. The topological polar surface area (TPSA) is 69.6 Å². The molecule has 0 radical (unpaired) electrons. The van der Waals surface area contributed by atoms with Crippen molar-refractivity contribution < 1.29 is 14.7 Å². The van der Waals surface area contributed by atoms with E-state index >= 15 is 0 Å². The molecule has 2 N–H and O–H groups in total. The number of nitrogens with one attached hydrogen (secondary N) is 1. The first-order valence-corrected chi connectivity index (χ1v) is 9.52. The number of rotatable bonds is 5. The summed E-state index contributed by atoms with van der Waals surface area (Å²) in [5, 5.41) is 12.1. The molecule has 0 bridgehead atoms. The molecule has 1 aliphatic rings. The maximum Gasteiger partial charge on any atom is 0.328 e. The van der Waals surface area contributed by atoms with Crippen LogP contribution in [0.5, 0.6) is 0 Å². The Labute approximate surface area is 170 Å². The maximum absolute atomic E-state index is 10.00. The molecular weight excluding hydrogens is 376 g/mol. The van der Waals surface area contributed by atoms with Crippen LogP contribution in [-0.4, -0.2) is 47.9 Å². The van der Waals surface area contributed by atoms with Crippen molar-refractivity contribution in [2.75, 3.05) is 26.2 Å². The van der Waals surface area contributed by atoms with Crippen molar-refractivity contribution in [3.63, 3.8) is 0 Å². The Balaban J connectivity index is 0.000000300. The lowest BCUT2D eigenvalue weighted by Gasteiger charge is -2.35. The second-order valence-electron chi connectivity index (χ2n) is 6.43. The molecule has 2 aromatic rings. The lowest BCUT2D eigenvalue weighted by Crippen LogP contribution is -2.45. The van der Waals surface area contributed by atoms with Crippen LogP contribution in [0.4, 0.5) is 0 Å². The Kier molecular flexibility index (Phi) is 8.88. The SMILES string of the molecule is CC(=O)/C=C/C(=O)O.Clc1ccc(C(c2ccccc2)N2CCNCC2)cc1. The number of carbonyl (C=O) groups is 2. The van der Waals surface area contributed by atoms with E-state index in [0.29, 0.717) is 6.04 Å². The number of piperazine rings is 1. The zero-order valence-corrected chi connectivity index (χ0v) is 16.6. The zero-order valence-electron chi connectivity index (χ0n) is 15.8. The fourth-order valence-electron chi connectivity index (χ4n) is 3.02. The molecule has 1 atom stereocenters. The van der Waals surface area contributed by atoms with Gasteiger partial charge in [-0.25, -0.2) is 4.79 Å². The molecule has 1 fully saturated rings. The summed E-state index contributed by atoms with van der Waals surface area (Å²) in [7, 11) is 0. The first kappa shape index (κ1) is 21.8. The number of aliphatic carboxylic acids is 1. The minimum Gasteiger partial charge on any atom is -0.478 e. The molecule has 1 heterocycles. The molecule has 0 spiro atoms. The molecule has 28 heavy (non-hydrogen) atoms. The van der Waals surface area contributed by atoms with Crippen LogP contribution in [0.25, 0.3) is 0 Å².